The van der Waals surface area contributed by atoms with Crippen LogP contribution in [0.2, 0.25) is 0 Å². The van der Waals surface area contributed by atoms with Gasteiger partial charge in [-0.25, -0.2) is 9.97 Å². The van der Waals surface area contributed by atoms with Crippen LogP contribution in [0, 0.1) is 0 Å². The molecule has 0 spiro atoms. The van der Waals surface area contributed by atoms with Gasteiger partial charge in [0.05, 0.1) is 0 Å². The Morgan fingerprint density at radius 3 is 2.58 bits per heavy atom. The molecule has 0 bridgehead atoms. The molecule has 8 heteroatoms. The van der Waals surface area contributed by atoms with Gasteiger partial charge < -0.3 is 15.2 Å². The second-order valence-electron chi connectivity index (χ2n) is 7.40. The van der Waals surface area contributed by atoms with E-state index in [9.17, 15) is 13.6 Å². The Kier molecular flexibility index (Phi) is 11.3. The standard InChI is InChI=1S/C17H26N2O2.C6H5F2NO/c20-16(21)10-6-4-2-1-3-5-9-15-12-11-14-8-7-13-18-17(14)19-15;7-6(8)10-5-3-1-2-4-9-5/h11-12H,1-10,13H2,(H,18,19)(H,20,21);1-4,6H. The molecule has 1 aliphatic rings. The molecule has 0 aliphatic carbocycles. The van der Waals surface area contributed by atoms with Gasteiger partial charge >= 0.3 is 12.6 Å². The number of halogens is 2. The number of aromatic nitrogens is 2. The molecule has 0 unspecified atom stereocenters. The van der Waals surface area contributed by atoms with Crippen molar-refractivity contribution in [1.29, 1.82) is 0 Å². The van der Waals surface area contributed by atoms with Crippen molar-refractivity contribution in [2.24, 2.45) is 0 Å². The van der Waals surface area contributed by atoms with Gasteiger partial charge in [0.25, 0.3) is 0 Å². The van der Waals surface area contributed by atoms with E-state index in [1.807, 2.05) is 0 Å². The number of unbranched alkanes of at least 4 members (excludes halogenated alkanes) is 5. The molecule has 0 saturated carbocycles. The van der Waals surface area contributed by atoms with Crippen molar-refractivity contribution in [2.75, 3.05) is 11.9 Å². The highest BCUT2D eigenvalue weighted by molar-refractivity contribution is 5.66. The van der Waals surface area contributed by atoms with Crippen LogP contribution in [-0.4, -0.2) is 34.2 Å². The number of ether oxygens (including phenoxy) is 1. The molecule has 0 aromatic carbocycles. The average Bonchev–Trinajstić information content (AvgIpc) is 2.76. The number of fused-ring (bicyclic) bond motifs is 1. The molecule has 1 aliphatic heterocycles. The van der Waals surface area contributed by atoms with Crippen LogP contribution in [0.4, 0.5) is 14.6 Å². The van der Waals surface area contributed by atoms with Crippen LogP contribution in [0.1, 0.15) is 62.6 Å². The number of hydrogen-bond donors (Lipinski definition) is 2. The predicted octanol–water partition coefficient (Wildman–Crippen LogP) is 5.48. The molecular formula is C23H31F2N3O3. The Labute approximate surface area is 182 Å². The third kappa shape index (κ3) is 10.7. The number of carboxylic acid groups (broad SMARTS) is 1. The van der Waals surface area contributed by atoms with E-state index in [2.05, 4.69) is 27.2 Å². The summed E-state index contributed by atoms with van der Waals surface area (Å²) in [6, 6.07) is 8.95. The minimum absolute atomic E-state index is 0.0579. The van der Waals surface area contributed by atoms with E-state index < -0.39 is 12.6 Å². The molecule has 2 N–H and O–H groups in total. The first-order chi connectivity index (χ1) is 15.0. The normalized spacial score (nSPS) is 12.4. The summed E-state index contributed by atoms with van der Waals surface area (Å²) in [5, 5.41) is 11.9. The van der Waals surface area contributed by atoms with Crippen molar-refractivity contribution in [3.63, 3.8) is 0 Å². The number of alkyl halides is 2. The summed E-state index contributed by atoms with van der Waals surface area (Å²) in [7, 11) is 0. The summed E-state index contributed by atoms with van der Waals surface area (Å²) >= 11 is 0. The molecule has 0 amide bonds. The van der Waals surface area contributed by atoms with Gasteiger partial charge in [-0.3, -0.25) is 4.79 Å². The van der Waals surface area contributed by atoms with Gasteiger partial charge in [-0.1, -0.05) is 37.8 Å². The Morgan fingerprint density at radius 1 is 1.10 bits per heavy atom. The highest BCUT2D eigenvalue weighted by atomic mass is 19.3. The first kappa shape index (κ1) is 24.5. The van der Waals surface area contributed by atoms with Crippen molar-refractivity contribution in [2.45, 2.75) is 70.8 Å². The number of nitrogens with one attached hydrogen (secondary N) is 1. The SMILES string of the molecule is FC(F)Oc1ccccn1.O=C(O)CCCCCCCCc1ccc2c(n1)NCCC2. The number of pyridine rings is 2. The van der Waals surface area contributed by atoms with Crippen molar-refractivity contribution in [1.82, 2.24) is 9.97 Å². The fourth-order valence-electron chi connectivity index (χ4n) is 3.31. The topological polar surface area (TPSA) is 84.3 Å². The van der Waals surface area contributed by atoms with Gasteiger partial charge in [-0.05, 0) is 49.8 Å². The molecule has 2 aromatic rings. The summed E-state index contributed by atoms with van der Waals surface area (Å²) < 4.78 is 26.9. The highest BCUT2D eigenvalue weighted by Gasteiger charge is 2.10. The minimum atomic E-state index is -2.80. The minimum Gasteiger partial charge on any atom is -0.481 e. The molecule has 0 saturated heterocycles. The fraction of sp³-hybridized carbons (Fsp3) is 0.522. The van der Waals surface area contributed by atoms with E-state index in [0.29, 0.717) is 6.42 Å². The first-order valence-electron chi connectivity index (χ1n) is 10.8. The van der Waals surface area contributed by atoms with E-state index in [1.54, 1.807) is 12.1 Å². The lowest BCUT2D eigenvalue weighted by atomic mass is 10.0. The Bertz CT molecular complexity index is 776. The molecule has 6 nitrogen and oxygen atoms in total. The third-order valence-corrected chi connectivity index (χ3v) is 4.87. The maximum Gasteiger partial charge on any atom is 0.388 e. The molecule has 170 valence electrons. The Balaban J connectivity index is 0.000000285. The first-order valence-corrected chi connectivity index (χ1v) is 10.8. The van der Waals surface area contributed by atoms with Gasteiger partial charge in [-0.2, -0.15) is 8.78 Å². The second kappa shape index (κ2) is 14.3. The van der Waals surface area contributed by atoms with E-state index in [0.717, 1.165) is 44.5 Å². The third-order valence-electron chi connectivity index (χ3n) is 4.87. The van der Waals surface area contributed by atoms with E-state index >= 15 is 0 Å². The zero-order valence-corrected chi connectivity index (χ0v) is 17.7. The van der Waals surface area contributed by atoms with Gasteiger partial charge in [0.2, 0.25) is 5.88 Å². The van der Waals surface area contributed by atoms with Crippen molar-refractivity contribution < 1.29 is 23.4 Å². The lowest BCUT2D eigenvalue weighted by Crippen LogP contribution is -2.13. The van der Waals surface area contributed by atoms with Gasteiger partial charge in [0.1, 0.15) is 5.82 Å². The van der Waals surface area contributed by atoms with Crippen LogP contribution in [0.3, 0.4) is 0 Å². The number of anilines is 1. The average molecular weight is 436 g/mol. The van der Waals surface area contributed by atoms with Crippen LogP contribution in [0.15, 0.2) is 36.5 Å². The zero-order valence-electron chi connectivity index (χ0n) is 17.7. The summed E-state index contributed by atoms with van der Waals surface area (Å²) in [5.41, 5.74) is 2.54. The molecule has 0 radical (unpaired) electrons. The summed E-state index contributed by atoms with van der Waals surface area (Å²) in [6.45, 7) is -1.75. The van der Waals surface area contributed by atoms with Crippen LogP contribution in [0.5, 0.6) is 5.88 Å². The lowest BCUT2D eigenvalue weighted by Gasteiger charge is -2.17. The molecule has 2 aromatic heterocycles. The van der Waals surface area contributed by atoms with Gasteiger partial charge in [0.15, 0.2) is 0 Å². The number of aryl methyl sites for hydroxylation is 2. The monoisotopic (exact) mass is 435 g/mol. The lowest BCUT2D eigenvalue weighted by molar-refractivity contribution is -0.137. The van der Waals surface area contributed by atoms with Gasteiger partial charge in [-0.15, -0.1) is 0 Å². The zero-order chi connectivity index (χ0) is 22.3. The molecular weight excluding hydrogens is 404 g/mol. The largest absolute Gasteiger partial charge is 0.481 e. The number of rotatable bonds is 11. The molecule has 3 heterocycles. The number of hydrogen-bond acceptors (Lipinski definition) is 5. The summed E-state index contributed by atoms with van der Waals surface area (Å²) in [4.78, 5) is 18.6. The highest BCUT2D eigenvalue weighted by Crippen LogP contribution is 2.20. The van der Waals surface area contributed by atoms with E-state index in [4.69, 9.17) is 10.1 Å². The maximum absolute atomic E-state index is 11.5. The van der Waals surface area contributed by atoms with Crippen molar-refractivity contribution in [3.05, 3.63) is 47.8 Å². The Morgan fingerprint density at radius 2 is 1.87 bits per heavy atom. The molecule has 3 rings (SSSR count). The van der Waals surface area contributed by atoms with Crippen LogP contribution < -0.4 is 10.1 Å². The Hall–Kier alpha value is -2.77. The second-order valence-corrected chi connectivity index (χ2v) is 7.40. The maximum atomic E-state index is 11.5. The smallest absolute Gasteiger partial charge is 0.388 e. The molecule has 31 heavy (non-hydrogen) atoms. The number of nitrogens with zero attached hydrogens (tertiary/aromatic N) is 2. The summed E-state index contributed by atoms with van der Waals surface area (Å²) in [6.07, 6.45) is 11.7. The summed E-state index contributed by atoms with van der Waals surface area (Å²) in [5.74, 6) is 0.354. The number of carbonyl (C=O) groups is 1. The number of carboxylic acids is 1. The predicted molar refractivity (Wildman–Crippen MR) is 116 cm³/mol. The number of aliphatic carboxylic acids is 1. The van der Waals surface area contributed by atoms with Crippen molar-refractivity contribution in [3.8, 4) is 5.88 Å². The van der Waals surface area contributed by atoms with E-state index in [-0.39, 0.29) is 5.88 Å². The van der Waals surface area contributed by atoms with Crippen LogP contribution in [-0.2, 0) is 17.6 Å². The molecule has 0 fully saturated rings. The molecule has 0 atom stereocenters. The van der Waals surface area contributed by atoms with Crippen molar-refractivity contribution >= 4 is 11.8 Å². The van der Waals surface area contributed by atoms with Crippen LogP contribution >= 0.6 is 0 Å². The van der Waals surface area contributed by atoms with Gasteiger partial charge in [0, 0.05) is 30.9 Å². The van der Waals surface area contributed by atoms with Crippen LogP contribution in [0.25, 0.3) is 0 Å². The van der Waals surface area contributed by atoms with E-state index in [1.165, 1.54) is 49.2 Å². The quantitative estimate of drug-likeness (QED) is 0.455. The fourth-order valence-corrected chi connectivity index (χ4v) is 3.31.